The van der Waals surface area contributed by atoms with Gasteiger partial charge in [-0.15, -0.1) is 0 Å². The number of fused-ring (bicyclic) bond motifs is 1. The smallest absolute Gasteiger partial charge is 0.374 e. The summed E-state index contributed by atoms with van der Waals surface area (Å²) in [4.78, 5) is 11.8. The van der Waals surface area contributed by atoms with E-state index in [0.29, 0.717) is 21.7 Å². The van der Waals surface area contributed by atoms with Crippen molar-refractivity contribution in [1.82, 2.24) is 0 Å². The highest BCUT2D eigenvalue weighted by molar-refractivity contribution is 7.92. The van der Waals surface area contributed by atoms with Crippen molar-refractivity contribution in [2.45, 2.75) is 11.8 Å². The number of carbonyl (C=O) groups excluding carboxylic acids is 1. The monoisotopic (exact) mass is 379 g/mol. The van der Waals surface area contributed by atoms with Crippen LogP contribution in [0.15, 0.2) is 57.8 Å². The fourth-order valence-electron chi connectivity index (χ4n) is 2.24. The van der Waals surface area contributed by atoms with E-state index in [9.17, 15) is 13.2 Å². The minimum Gasteiger partial charge on any atom is -0.460 e. The summed E-state index contributed by atoms with van der Waals surface area (Å²) in [6.07, 6.45) is 0. The number of benzene rings is 2. The molecule has 3 aromatic rings. The molecule has 0 atom stereocenters. The van der Waals surface area contributed by atoms with Crippen molar-refractivity contribution in [2.75, 3.05) is 11.3 Å². The van der Waals surface area contributed by atoms with Gasteiger partial charge in [0.15, 0.2) is 0 Å². The zero-order valence-electron chi connectivity index (χ0n) is 13.2. The third-order valence-corrected chi connectivity index (χ3v) is 5.02. The first kappa shape index (κ1) is 17.3. The number of sulfonamides is 1. The Morgan fingerprint density at radius 3 is 2.56 bits per heavy atom. The maximum Gasteiger partial charge on any atom is 0.374 e. The van der Waals surface area contributed by atoms with E-state index in [-0.39, 0.29) is 17.3 Å². The number of hydrogen-bond acceptors (Lipinski definition) is 5. The molecule has 0 aliphatic heterocycles. The van der Waals surface area contributed by atoms with Gasteiger partial charge in [0, 0.05) is 16.1 Å². The molecule has 130 valence electrons. The minimum atomic E-state index is -3.75. The Kier molecular flexibility index (Phi) is 4.69. The van der Waals surface area contributed by atoms with Crippen molar-refractivity contribution in [3.63, 3.8) is 0 Å². The summed E-state index contributed by atoms with van der Waals surface area (Å²) >= 11 is 5.77. The lowest BCUT2D eigenvalue weighted by molar-refractivity contribution is 0.0492. The van der Waals surface area contributed by atoms with Crippen LogP contribution in [0.25, 0.3) is 11.0 Å². The molecule has 1 N–H and O–H groups in total. The average molecular weight is 380 g/mol. The minimum absolute atomic E-state index is 0.0644. The maximum absolute atomic E-state index is 12.4. The number of esters is 1. The number of carbonyl (C=O) groups is 1. The normalized spacial score (nSPS) is 11.4. The van der Waals surface area contributed by atoms with Crippen LogP contribution in [-0.2, 0) is 14.8 Å². The largest absolute Gasteiger partial charge is 0.460 e. The fourth-order valence-corrected chi connectivity index (χ4v) is 3.41. The molecule has 8 heteroatoms. The average Bonchev–Trinajstić information content (AvgIpc) is 2.98. The lowest BCUT2D eigenvalue weighted by atomic mass is 10.2. The van der Waals surface area contributed by atoms with Gasteiger partial charge in [0.25, 0.3) is 10.0 Å². The highest BCUT2D eigenvalue weighted by atomic mass is 35.5. The molecule has 1 aromatic heterocycles. The zero-order valence-corrected chi connectivity index (χ0v) is 14.7. The zero-order chi connectivity index (χ0) is 18.0. The van der Waals surface area contributed by atoms with Crippen molar-refractivity contribution in [3.8, 4) is 0 Å². The van der Waals surface area contributed by atoms with Crippen LogP contribution < -0.4 is 4.72 Å². The Morgan fingerprint density at radius 1 is 1.16 bits per heavy atom. The molecule has 0 radical (unpaired) electrons. The highest BCUT2D eigenvalue weighted by Crippen LogP contribution is 2.25. The molecular formula is C17H14ClNO5S. The van der Waals surface area contributed by atoms with Gasteiger partial charge in [-0.05, 0) is 55.5 Å². The molecule has 0 aliphatic rings. The Bertz CT molecular complexity index is 1020. The Balaban J connectivity index is 1.88. The summed E-state index contributed by atoms with van der Waals surface area (Å²) in [7, 11) is -3.75. The Hall–Kier alpha value is -2.51. The summed E-state index contributed by atoms with van der Waals surface area (Å²) in [5, 5.41) is 1.03. The first-order valence-electron chi connectivity index (χ1n) is 7.38. The molecule has 0 unspecified atom stereocenters. The van der Waals surface area contributed by atoms with Gasteiger partial charge in [-0.25, -0.2) is 13.2 Å². The first-order chi connectivity index (χ1) is 11.9. The second-order valence-corrected chi connectivity index (χ2v) is 7.26. The topological polar surface area (TPSA) is 85.6 Å². The number of hydrogen-bond donors (Lipinski definition) is 1. The molecule has 25 heavy (non-hydrogen) atoms. The van der Waals surface area contributed by atoms with E-state index in [0.717, 1.165) is 0 Å². The molecule has 3 rings (SSSR count). The molecule has 6 nitrogen and oxygen atoms in total. The standard InChI is InChI=1S/C17H14ClNO5S/c1-2-23-17(20)16-10-11-9-13(5-8-15(11)24-16)19-25(21,22)14-6-3-12(18)4-7-14/h3-10,19H,2H2,1H3. The van der Waals surface area contributed by atoms with Crippen LogP contribution in [0, 0.1) is 0 Å². The van der Waals surface area contributed by atoms with Gasteiger partial charge in [-0.3, -0.25) is 4.72 Å². The van der Waals surface area contributed by atoms with E-state index in [1.54, 1.807) is 25.1 Å². The van der Waals surface area contributed by atoms with Crippen molar-refractivity contribution < 1.29 is 22.4 Å². The van der Waals surface area contributed by atoms with Crippen LogP contribution in [0.1, 0.15) is 17.5 Å². The van der Waals surface area contributed by atoms with Crippen molar-refractivity contribution >= 4 is 44.3 Å². The van der Waals surface area contributed by atoms with Gasteiger partial charge in [0.05, 0.1) is 11.5 Å². The van der Waals surface area contributed by atoms with Crippen molar-refractivity contribution in [2.24, 2.45) is 0 Å². The molecule has 1 heterocycles. The van der Waals surface area contributed by atoms with Gasteiger partial charge >= 0.3 is 5.97 Å². The summed E-state index contributed by atoms with van der Waals surface area (Å²) in [6, 6.07) is 12.1. The Labute approximate surface area is 149 Å². The molecule has 0 bridgehead atoms. The van der Waals surface area contributed by atoms with Crippen LogP contribution in [0.3, 0.4) is 0 Å². The van der Waals surface area contributed by atoms with Crippen LogP contribution in [0.4, 0.5) is 5.69 Å². The van der Waals surface area contributed by atoms with E-state index in [2.05, 4.69) is 4.72 Å². The number of halogens is 1. The fraction of sp³-hybridized carbons (Fsp3) is 0.118. The van der Waals surface area contributed by atoms with Crippen molar-refractivity contribution in [3.05, 3.63) is 59.3 Å². The summed E-state index contributed by atoms with van der Waals surface area (Å²) in [6.45, 7) is 1.94. The quantitative estimate of drug-likeness (QED) is 0.675. The van der Waals surface area contributed by atoms with Gasteiger partial charge < -0.3 is 9.15 Å². The molecule has 0 saturated carbocycles. The third-order valence-electron chi connectivity index (χ3n) is 3.37. The summed E-state index contributed by atoms with van der Waals surface area (Å²) in [5.74, 6) is -0.503. The predicted octanol–water partition coefficient (Wildman–Crippen LogP) is 4.06. The molecule has 0 amide bonds. The maximum atomic E-state index is 12.4. The van der Waals surface area contributed by atoms with E-state index in [1.165, 1.54) is 30.3 Å². The SMILES string of the molecule is CCOC(=O)c1cc2cc(NS(=O)(=O)c3ccc(Cl)cc3)ccc2o1. The number of anilines is 1. The predicted molar refractivity (Wildman–Crippen MR) is 94.4 cm³/mol. The van der Waals surface area contributed by atoms with E-state index < -0.39 is 16.0 Å². The number of nitrogens with one attached hydrogen (secondary N) is 1. The Morgan fingerprint density at radius 2 is 1.88 bits per heavy atom. The van der Waals surface area contributed by atoms with E-state index in [1.807, 2.05) is 0 Å². The second kappa shape index (κ2) is 6.78. The van der Waals surface area contributed by atoms with E-state index >= 15 is 0 Å². The molecular weight excluding hydrogens is 366 g/mol. The molecule has 0 aliphatic carbocycles. The van der Waals surface area contributed by atoms with Gasteiger partial charge in [0.1, 0.15) is 5.58 Å². The van der Waals surface area contributed by atoms with Crippen LogP contribution in [0.2, 0.25) is 5.02 Å². The number of ether oxygens (including phenoxy) is 1. The van der Waals surface area contributed by atoms with Crippen molar-refractivity contribution in [1.29, 1.82) is 0 Å². The molecule has 0 fully saturated rings. The first-order valence-corrected chi connectivity index (χ1v) is 9.24. The van der Waals surface area contributed by atoms with E-state index in [4.69, 9.17) is 20.8 Å². The summed E-state index contributed by atoms with van der Waals surface area (Å²) < 4.78 is 37.6. The number of rotatable bonds is 5. The molecule has 2 aromatic carbocycles. The molecule has 0 saturated heterocycles. The highest BCUT2D eigenvalue weighted by Gasteiger charge is 2.16. The number of furan rings is 1. The molecule has 0 spiro atoms. The third kappa shape index (κ3) is 3.78. The van der Waals surface area contributed by atoms with Crippen LogP contribution >= 0.6 is 11.6 Å². The summed E-state index contributed by atoms with van der Waals surface area (Å²) in [5.41, 5.74) is 0.802. The van der Waals surface area contributed by atoms with Gasteiger partial charge in [-0.2, -0.15) is 0 Å². The van der Waals surface area contributed by atoms with Gasteiger partial charge in [0.2, 0.25) is 5.76 Å². The van der Waals surface area contributed by atoms with Crippen LogP contribution in [0.5, 0.6) is 0 Å². The van der Waals surface area contributed by atoms with Gasteiger partial charge in [-0.1, -0.05) is 11.6 Å². The lowest BCUT2D eigenvalue weighted by Gasteiger charge is -2.08. The lowest BCUT2D eigenvalue weighted by Crippen LogP contribution is -2.12. The van der Waals surface area contributed by atoms with Crippen LogP contribution in [-0.4, -0.2) is 21.0 Å². The second-order valence-electron chi connectivity index (χ2n) is 5.14.